The van der Waals surface area contributed by atoms with E-state index in [0.717, 1.165) is 6.42 Å². The second-order valence-corrected chi connectivity index (χ2v) is 4.62. The molecule has 2 rings (SSSR count). The van der Waals surface area contributed by atoms with E-state index >= 15 is 0 Å². The molecule has 4 heteroatoms. The van der Waals surface area contributed by atoms with Gasteiger partial charge in [0, 0.05) is 36.6 Å². The molecule has 0 saturated heterocycles. The zero-order valence-electron chi connectivity index (χ0n) is 11.8. The number of aliphatic hydroxyl groups is 1. The monoisotopic (exact) mass is 273 g/mol. The minimum Gasteiger partial charge on any atom is -0.506 e. The molecule has 1 aliphatic rings. The Morgan fingerprint density at radius 2 is 2.00 bits per heavy atom. The van der Waals surface area contributed by atoms with Crippen molar-refractivity contribution in [3.05, 3.63) is 41.0 Å². The second-order valence-electron chi connectivity index (χ2n) is 4.62. The molecule has 0 unspecified atom stereocenters. The van der Waals surface area contributed by atoms with Crippen molar-refractivity contribution >= 4 is 17.3 Å². The van der Waals surface area contributed by atoms with Crippen molar-refractivity contribution in [2.24, 2.45) is 4.99 Å². The fourth-order valence-corrected chi connectivity index (χ4v) is 2.24. The van der Waals surface area contributed by atoms with Crippen LogP contribution in [0.2, 0.25) is 0 Å². The van der Waals surface area contributed by atoms with Crippen LogP contribution in [0.25, 0.3) is 5.76 Å². The van der Waals surface area contributed by atoms with Crippen LogP contribution in [0.15, 0.2) is 34.8 Å². The highest BCUT2D eigenvalue weighted by molar-refractivity contribution is 6.35. The molecule has 0 bridgehead atoms. The summed E-state index contributed by atoms with van der Waals surface area (Å²) in [6.45, 7) is 5.66. The molecule has 0 amide bonds. The maximum absolute atomic E-state index is 12.3. The summed E-state index contributed by atoms with van der Waals surface area (Å²) in [5, 5.41) is 10.2. The molecular formula is C16H19NO3. The van der Waals surface area contributed by atoms with Gasteiger partial charge in [-0.1, -0.05) is 24.3 Å². The van der Waals surface area contributed by atoms with Crippen molar-refractivity contribution in [2.75, 3.05) is 19.8 Å². The molecule has 106 valence electrons. The lowest BCUT2D eigenvalue weighted by Gasteiger charge is -2.02. The molecule has 1 aromatic rings. The van der Waals surface area contributed by atoms with E-state index in [4.69, 9.17) is 4.74 Å². The van der Waals surface area contributed by atoms with Crippen molar-refractivity contribution in [3.8, 4) is 0 Å². The molecule has 0 aromatic heterocycles. The summed E-state index contributed by atoms with van der Waals surface area (Å²) in [7, 11) is 0. The van der Waals surface area contributed by atoms with Gasteiger partial charge in [-0.2, -0.15) is 0 Å². The maximum atomic E-state index is 12.3. The molecule has 1 aliphatic carbocycles. The summed E-state index contributed by atoms with van der Waals surface area (Å²) in [6, 6.07) is 7.07. The smallest absolute Gasteiger partial charge is 0.199 e. The quantitative estimate of drug-likeness (QED) is 0.640. The van der Waals surface area contributed by atoms with E-state index in [0.29, 0.717) is 42.2 Å². The number of carbonyl (C=O) groups excluding carboxylic acids is 1. The van der Waals surface area contributed by atoms with Gasteiger partial charge in [-0.05, 0) is 20.3 Å². The lowest BCUT2D eigenvalue weighted by molar-refractivity contribution is 0.104. The van der Waals surface area contributed by atoms with E-state index in [2.05, 4.69) is 4.99 Å². The molecule has 1 aromatic carbocycles. The molecule has 0 fully saturated rings. The summed E-state index contributed by atoms with van der Waals surface area (Å²) in [4.78, 5) is 16.6. The van der Waals surface area contributed by atoms with E-state index in [1.807, 2.05) is 6.92 Å². The molecule has 0 spiro atoms. The van der Waals surface area contributed by atoms with Crippen LogP contribution < -0.4 is 0 Å². The number of rotatable bonds is 6. The number of Topliss-reactive ketones (excluding diaryl/α,β-unsaturated/α-hetero) is 1. The third-order valence-corrected chi connectivity index (χ3v) is 3.25. The van der Waals surface area contributed by atoms with Crippen molar-refractivity contribution < 1.29 is 14.6 Å². The third-order valence-electron chi connectivity index (χ3n) is 3.25. The Labute approximate surface area is 118 Å². The normalized spacial score (nSPS) is 14.9. The molecule has 20 heavy (non-hydrogen) atoms. The van der Waals surface area contributed by atoms with Gasteiger partial charge in [0.05, 0.1) is 5.57 Å². The van der Waals surface area contributed by atoms with Crippen LogP contribution in [0, 0.1) is 0 Å². The van der Waals surface area contributed by atoms with Gasteiger partial charge in [0.25, 0.3) is 0 Å². The number of ketones is 1. The number of hydrogen-bond donors (Lipinski definition) is 1. The average Bonchev–Trinajstić information content (AvgIpc) is 2.71. The van der Waals surface area contributed by atoms with Crippen LogP contribution in [0.1, 0.15) is 36.2 Å². The minimum absolute atomic E-state index is 0.0386. The summed E-state index contributed by atoms with van der Waals surface area (Å²) in [6.07, 6.45) is 0.806. The summed E-state index contributed by atoms with van der Waals surface area (Å²) < 4.78 is 5.24. The molecule has 0 atom stereocenters. The molecule has 4 nitrogen and oxygen atoms in total. The lowest BCUT2D eigenvalue weighted by atomic mass is 10.1. The van der Waals surface area contributed by atoms with E-state index in [1.165, 1.54) is 0 Å². The molecule has 1 N–H and O–H groups in total. The standard InChI is InChI=1S/C16H19NO3/c1-3-20-10-6-9-17-11(2)14-15(18)12-7-4-5-8-13(12)16(14)19/h4-5,7-8,18H,3,6,9-10H2,1-2H3. The number of benzene rings is 1. The number of allylic oxidation sites excluding steroid dienone is 1. The van der Waals surface area contributed by atoms with Gasteiger partial charge in [0.15, 0.2) is 5.78 Å². The average molecular weight is 273 g/mol. The van der Waals surface area contributed by atoms with E-state index < -0.39 is 0 Å². The number of ether oxygens (including phenoxy) is 1. The maximum Gasteiger partial charge on any atom is 0.199 e. The van der Waals surface area contributed by atoms with Crippen LogP contribution in [-0.2, 0) is 4.74 Å². The van der Waals surface area contributed by atoms with Crippen LogP contribution in [-0.4, -0.2) is 36.4 Å². The highest BCUT2D eigenvalue weighted by Crippen LogP contribution is 2.31. The van der Waals surface area contributed by atoms with Gasteiger partial charge in [-0.3, -0.25) is 9.79 Å². The van der Waals surface area contributed by atoms with Gasteiger partial charge >= 0.3 is 0 Å². The van der Waals surface area contributed by atoms with Crippen molar-refractivity contribution in [2.45, 2.75) is 20.3 Å². The summed E-state index contributed by atoms with van der Waals surface area (Å²) in [5.41, 5.74) is 2.04. The summed E-state index contributed by atoms with van der Waals surface area (Å²) in [5.74, 6) is -0.110. The summed E-state index contributed by atoms with van der Waals surface area (Å²) >= 11 is 0. The predicted octanol–water partition coefficient (Wildman–Crippen LogP) is 3.04. The highest BCUT2D eigenvalue weighted by Gasteiger charge is 2.30. The Morgan fingerprint density at radius 1 is 1.30 bits per heavy atom. The number of fused-ring (bicyclic) bond motifs is 1. The van der Waals surface area contributed by atoms with Crippen LogP contribution in [0.5, 0.6) is 0 Å². The van der Waals surface area contributed by atoms with Gasteiger partial charge in [0.2, 0.25) is 0 Å². The first-order valence-electron chi connectivity index (χ1n) is 6.83. The van der Waals surface area contributed by atoms with Gasteiger partial charge in [-0.15, -0.1) is 0 Å². The van der Waals surface area contributed by atoms with Crippen LogP contribution >= 0.6 is 0 Å². The van der Waals surface area contributed by atoms with E-state index in [1.54, 1.807) is 31.2 Å². The van der Waals surface area contributed by atoms with Crippen molar-refractivity contribution in [3.63, 3.8) is 0 Å². The van der Waals surface area contributed by atoms with Crippen molar-refractivity contribution in [1.82, 2.24) is 0 Å². The number of aliphatic hydroxyl groups excluding tert-OH is 1. The molecular weight excluding hydrogens is 254 g/mol. The van der Waals surface area contributed by atoms with Gasteiger partial charge in [-0.25, -0.2) is 0 Å². The topological polar surface area (TPSA) is 58.9 Å². The Balaban J connectivity index is 2.11. The fourth-order valence-electron chi connectivity index (χ4n) is 2.24. The molecule has 0 radical (unpaired) electrons. The van der Waals surface area contributed by atoms with E-state index in [-0.39, 0.29) is 11.5 Å². The Kier molecular flexibility index (Phi) is 4.69. The first-order valence-corrected chi connectivity index (χ1v) is 6.83. The second kappa shape index (κ2) is 6.48. The minimum atomic E-state index is -0.149. The lowest BCUT2D eigenvalue weighted by Crippen LogP contribution is -2.08. The third kappa shape index (κ3) is 2.80. The number of carbonyl (C=O) groups is 1. The number of nitrogens with zero attached hydrogens (tertiary/aromatic N) is 1. The predicted molar refractivity (Wildman–Crippen MR) is 79.4 cm³/mol. The van der Waals surface area contributed by atoms with Crippen molar-refractivity contribution in [1.29, 1.82) is 0 Å². The molecule has 0 saturated carbocycles. The fraction of sp³-hybridized carbons (Fsp3) is 0.375. The Hall–Kier alpha value is -1.94. The number of aliphatic imine (C=N–C) groups is 1. The van der Waals surface area contributed by atoms with Crippen LogP contribution in [0.3, 0.4) is 0 Å². The Morgan fingerprint density at radius 3 is 2.65 bits per heavy atom. The number of hydrogen-bond acceptors (Lipinski definition) is 4. The zero-order valence-corrected chi connectivity index (χ0v) is 11.8. The van der Waals surface area contributed by atoms with Gasteiger partial charge in [0.1, 0.15) is 5.76 Å². The highest BCUT2D eigenvalue weighted by atomic mass is 16.5. The SMILES string of the molecule is CCOCCCN=C(C)C1=C(O)c2ccccc2C1=O. The first-order chi connectivity index (χ1) is 9.66. The molecule has 0 heterocycles. The first kappa shape index (κ1) is 14.5. The van der Waals surface area contributed by atoms with E-state index in [9.17, 15) is 9.90 Å². The van der Waals surface area contributed by atoms with Crippen LogP contribution in [0.4, 0.5) is 0 Å². The van der Waals surface area contributed by atoms with Gasteiger partial charge < -0.3 is 9.84 Å². The molecule has 0 aliphatic heterocycles. The largest absolute Gasteiger partial charge is 0.506 e. The zero-order chi connectivity index (χ0) is 14.5. The Bertz CT molecular complexity index is 573.